The van der Waals surface area contributed by atoms with Gasteiger partial charge in [0, 0.05) is 10.0 Å². The Morgan fingerprint density at radius 2 is 1.68 bits per heavy atom. The van der Waals surface area contributed by atoms with Gasteiger partial charge in [-0.3, -0.25) is 5.41 Å². The van der Waals surface area contributed by atoms with E-state index in [4.69, 9.17) is 15.9 Å². The molecule has 3 nitrogen and oxygen atoms in total. The zero-order valence-electron chi connectivity index (χ0n) is 10.8. The number of amidine groups is 1. The van der Waals surface area contributed by atoms with E-state index in [1.807, 2.05) is 24.3 Å². The van der Waals surface area contributed by atoms with Crippen LogP contribution in [0.25, 0.3) is 0 Å². The number of nitrogens with two attached hydrogens (primary N) is 1. The first kappa shape index (κ1) is 13.6. The van der Waals surface area contributed by atoms with Gasteiger partial charge in [-0.15, -0.1) is 0 Å². The summed E-state index contributed by atoms with van der Waals surface area (Å²) in [6.07, 6.45) is 0. The van der Waals surface area contributed by atoms with Gasteiger partial charge in [0.25, 0.3) is 0 Å². The van der Waals surface area contributed by atoms with Crippen molar-refractivity contribution in [3.8, 4) is 11.5 Å². The highest BCUT2D eigenvalue weighted by Crippen LogP contribution is 2.28. The monoisotopic (exact) mass is 318 g/mol. The van der Waals surface area contributed by atoms with Gasteiger partial charge in [0.05, 0.1) is 0 Å². The molecule has 0 bridgehead atoms. The number of nitrogen functional groups attached to an aromatic ring is 1. The van der Waals surface area contributed by atoms with Crippen molar-refractivity contribution in [2.75, 3.05) is 0 Å². The van der Waals surface area contributed by atoms with Crippen molar-refractivity contribution in [1.29, 1.82) is 5.41 Å². The van der Waals surface area contributed by atoms with Gasteiger partial charge >= 0.3 is 0 Å². The van der Waals surface area contributed by atoms with Crippen LogP contribution in [0.1, 0.15) is 16.7 Å². The third kappa shape index (κ3) is 3.15. The fourth-order valence-corrected chi connectivity index (χ4v) is 2.26. The average molecular weight is 319 g/mol. The Hall–Kier alpha value is -1.81. The van der Waals surface area contributed by atoms with E-state index < -0.39 is 0 Å². The van der Waals surface area contributed by atoms with E-state index in [0.717, 1.165) is 10.2 Å². The summed E-state index contributed by atoms with van der Waals surface area (Å²) in [5.41, 5.74) is 8.55. The number of aryl methyl sites for hydroxylation is 2. The molecule has 3 N–H and O–H groups in total. The molecule has 0 heterocycles. The van der Waals surface area contributed by atoms with Gasteiger partial charge in [-0.1, -0.05) is 6.07 Å². The lowest BCUT2D eigenvalue weighted by Gasteiger charge is -2.09. The third-order valence-electron chi connectivity index (χ3n) is 2.94. The average Bonchev–Trinajstić information content (AvgIpc) is 2.33. The normalized spacial score (nSPS) is 10.3. The number of benzene rings is 2. The molecule has 0 aromatic heterocycles. The molecular formula is C15H15BrN2O. The summed E-state index contributed by atoms with van der Waals surface area (Å²) < 4.78 is 6.54. The number of nitrogens with one attached hydrogen (secondary N) is 1. The topological polar surface area (TPSA) is 59.1 Å². The lowest BCUT2D eigenvalue weighted by Crippen LogP contribution is -2.11. The van der Waals surface area contributed by atoms with Crippen molar-refractivity contribution in [3.63, 3.8) is 0 Å². The zero-order chi connectivity index (χ0) is 14.0. The van der Waals surface area contributed by atoms with Crippen LogP contribution >= 0.6 is 15.9 Å². The smallest absolute Gasteiger partial charge is 0.128 e. The molecule has 0 aliphatic carbocycles. The Morgan fingerprint density at radius 1 is 1.05 bits per heavy atom. The zero-order valence-corrected chi connectivity index (χ0v) is 12.4. The van der Waals surface area contributed by atoms with Gasteiger partial charge in [0.15, 0.2) is 0 Å². The molecule has 0 saturated heterocycles. The third-order valence-corrected chi connectivity index (χ3v) is 3.60. The Bertz CT molecular complexity index is 638. The molecule has 4 heteroatoms. The molecule has 0 saturated carbocycles. The van der Waals surface area contributed by atoms with E-state index in [1.54, 1.807) is 12.1 Å². The van der Waals surface area contributed by atoms with Crippen LogP contribution in [-0.4, -0.2) is 5.84 Å². The highest BCUT2D eigenvalue weighted by molar-refractivity contribution is 9.10. The van der Waals surface area contributed by atoms with Crippen LogP contribution in [0.15, 0.2) is 40.9 Å². The second-order valence-corrected chi connectivity index (χ2v) is 5.26. The molecule has 0 atom stereocenters. The number of ether oxygens (including phenoxy) is 1. The van der Waals surface area contributed by atoms with Crippen LogP contribution in [-0.2, 0) is 0 Å². The van der Waals surface area contributed by atoms with Crippen molar-refractivity contribution < 1.29 is 4.74 Å². The number of halogens is 1. The minimum Gasteiger partial charge on any atom is -0.457 e. The van der Waals surface area contributed by atoms with Crippen LogP contribution in [0.2, 0.25) is 0 Å². The van der Waals surface area contributed by atoms with E-state index in [-0.39, 0.29) is 5.84 Å². The molecule has 98 valence electrons. The molecule has 0 spiro atoms. The summed E-state index contributed by atoms with van der Waals surface area (Å²) in [7, 11) is 0. The first-order chi connectivity index (χ1) is 8.97. The maximum Gasteiger partial charge on any atom is 0.128 e. The highest BCUT2D eigenvalue weighted by Gasteiger charge is 2.06. The molecule has 0 fully saturated rings. The number of hydrogen-bond donors (Lipinski definition) is 2. The largest absolute Gasteiger partial charge is 0.457 e. The van der Waals surface area contributed by atoms with Gasteiger partial charge in [0.1, 0.15) is 17.3 Å². The molecule has 2 aromatic rings. The van der Waals surface area contributed by atoms with E-state index in [0.29, 0.717) is 11.3 Å². The molecular weight excluding hydrogens is 304 g/mol. The molecule has 0 amide bonds. The van der Waals surface area contributed by atoms with Crippen molar-refractivity contribution in [2.45, 2.75) is 13.8 Å². The Balaban J connectivity index is 2.26. The molecule has 0 radical (unpaired) electrons. The fraction of sp³-hybridized carbons (Fsp3) is 0.133. The second kappa shape index (κ2) is 5.45. The molecule has 0 unspecified atom stereocenters. The van der Waals surface area contributed by atoms with Crippen LogP contribution in [0.5, 0.6) is 11.5 Å². The van der Waals surface area contributed by atoms with Crippen LogP contribution < -0.4 is 10.5 Å². The lowest BCUT2D eigenvalue weighted by atomic mass is 10.1. The highest BCUT2D eigenvalue weighted by atomic mass is 79.9. The summed E-state index contributed by atoms with van der Waals surface area (Å²) in [5.74, 6) is 1.54. The standard InChI is InChI=1S/C15H15BrN2O/c1-9-3-4-11(7-10(9)2)19-12-5-6-13(15(17)18)14(16)8-12/h3-8H,1-2H3,(H3,17,18). The van der Waals surface area contributed by atoms with E-state index >= 15 is 0 Å². The number of hydrogen-bond acceptors (Lipinski definition) is 2. The van der Waals surface area contributed by atoms with Crippen LogP contribution in [0.3, 0.4) is 0 Å². The van der Waals surface area contributed by atoms with Crippen LogP contribution in [0, 0.1) is 19.3 Å². The van der Waals surface area contributed by atoms with E-state index in [9.17, 15) is 0 Å². The van der Waals surface area contributed by atoms with E-state index in [2.05, 4.69) is 29.8 Å². The van der Waals surface area contributed by atoms with Crippen molar-refractivity contribution in [2.24, 2.45) is 5.73 Å². The summed E-state index contributed by atoms with van der Waals surface area (Å²) in [4.78, 5) is 0. The minimum atomic E-state index is 0.0320. The maximum atomic E-state index is 7.43. The predicted octanol–water partition coefficient (Wildman–Crippen LogP) is 4.14. The molecule has 2 rings (SSSR count). The van der Waals surface area contributed by atoms with Gasteiger partial charge in [-0.25, -0.2) is 0 Å². The molecule has 2 aromatic carbocycles. The molecule has 0 aliphatic rings. The SMILES string of the molecule is Cc1ccc(Oc2ccc(C(=N)N)c(Br)c2)cc1C. The Kier molecular flexibility index (Phi) is 3.90. The predicted molar refractivity (Wildman–Crippen MR) is 81.1 cm³/mol. The summed E-state index contributed by atoms with van der Waals surface area (Å²) in [5, 5.41) is 7.43. The minimum absolute atomic E-state index is 0.0320. The van der Waals surface area contributed by atoms with Gasteiger partial charge < -0.3 is 10.5 Å². The van der Waals surface area contributed by atoms with Gasteiger partial charge in [-0.2, -0.15) is 0 Å². The van der Waals surface area contributed by atoms with Crippen molar-refractivity contribution >= 4 is 21.8 Å². The first-order valence-corrected chi connectivity index (χ1v) is 6.65. The van der Waals surface area contributed by atoms with Crippen LogP contribution in [0.4, 0.5) is 0 Å². The maximum absolute atomic E-state index is 7.43. The second-order valence-electron chi connectivity index (χ2n) is 4.40. The number of rotatable bonds is 3. The van der Waals surface area contributed by atoms with Crippen molar-refractivity contribution in [1.82, 2.24) is 0 Å². The van der Waals surface area contributed by atoms with Gasteiger partial charge in [0.2, 0.25) is 0 Å². The summed E-state index contributed by atoms with van der Waals surface area (Å²) in [6.45, 7) is 4.12. The first-order valence-electron chi connectivity index (χ1n) is 5.86. The lowest BCUT2D eigenvalue weighted by molar-refractivity contribution is 0.482. The van der Waals surface area contributed by atoms with Gasteiger partial charge in [-0.05, 0) is 71.2 Å². The Morgan fingerprint density at radius 3 is 2.26 bits per heavy atom. The summed E-state index contributed by atoms with van der Waals surface area (Å²) in [6, 6.07) is 11.4. The quantitative estimate of drug-likeness (QED) is 0.660. The molecule has 19 heavy (non-hydrogen) atoms. The summed E-state index contributed by atoms with van der Waals surface area (Å²) >= 11 is 3.39. The van der Waals surface area contributed by atoms with E-state index in [1.165, 1.54) is 11.1 Å². The molecule has 0 aliphatic heterocycles. The fourth-order valence-electron chi connectivity index (χ4n) is 1.69. The van der Waals surface area contributed by atoms with Crippen molar-refractivity contribution in [3.05, 3.63) is 57.6 Å². The Labute approximate surface area is 121 Å².